The Morgan fingerprint density at radius 3 is 2.80 bits per heavy atom. The molecule has 78 valence electrons. The highest BCUT2D eigenvalue weighted by atomic mass is 35.5. The van der Waals surface area contributed by atoms with E-state index in [0.29, 0.717) is 16.3 Å². The van der Waals surface area contributed by atoms with Crippen LogP contribution in [0.3, 0.4) is 0 Å². The highest BCUT2D eigenvalue weighted by Gasteiger charge is 2.11. The Kier molecular flexibility index (Phi) is 3.53. The number of hydrogen-bond donors (Lipinski definition) is 2. The molecule has 0 fully saturated rings. The van der Waals surface area contributed by atoms with Gasteiger partial charge in [-0.3, -0.25) is 4.79 Å². The highest BCUT2D eigenvalue weighted by Crippen LogP contribution is 2.23. The van der Waals surface area contributed by atoms with Crippen molar-refractivity contribution in [2.45, 2.75) is 13.0 Å². The van der Waals surface area contributed by atoms with E-state index in [2.05, 4.69) is 5.32 Å². The van der Waals surface area contributed by atoms with Crippen LogP contribution in [-0.2, 0) is 4.79 Å². The molecular weight excluding hydrogens is 216 g/mol. The number of carboxylic acids is 1. The predicted octanol–water partition coefficient (Wildman–Crippen LogP) is 2.10. The van der Waals surface area contributed by atoms with Crippen LogP contribution in [-0.4, -0.2) is 17.1 Å². The maximum atomic E-state index is 10.6. The van der Waals surface area contributed by atoms with Crippen LogP contribution in [0, 0.1) is 11.3 Å². The summed E-state index contributed by atoms with van der Waals surface area (Å²) in [5, 5.41) is 20.3. The van der Waals surface area contributed by atoms with Crippen molar-refractivity contribution < 1.29 is 9.90 Å². The number of nitrogens with zero attached hydrogens (tertiary/aromatic N) is 1. The number of aliphatic carboxylic acids is 1. The molecule has 0 aliphatic rings. The second-order valence-corrected chi connectivity index (χ2v) is 3.42. The summed E-state index contributed by atoms with van der Waals surface area (Å²) in [6, 6.07) is 5.86. The molecule has 0 bridgehead atoms. The maximum Gasteiger partial charge on any atom is 0.325 e. The van der Waals surface area contributed by atoms with Crippen molar-refractivity contribution in [3.05, 3.63) is 28.8 Å². The van der Waals surface area contributed by atoms with Crippen LogP contribution in [0.1, 0.15) is 12.5 Å². The summed E-state index contributed by atoms with van der Waals surface area (Å²) < 4.78 is 0. The molecular formula is C10H9ClN2O2. The van der Waals surface area contributed by atoms with Crippen LogP contribution in [0.15, 0.2) is 18.2 Å². The van der Waals surface area contributed by atoms with Gasteiger partial charge in [-0.25, -0.2) is 0 Å². The second kappa shape index (κ2) is 4.67. The molecule has 0 radical (unpaired) electrons. The van der Waals surface area contributed by atoms with Crippen molar-refractivity contribution in [3.8, 4) is 6.07 Å². The Balaban J connectivity index is 2.88. The molecule has 1 unspecified atom stereocenters. The number of carbonyl (C=O) groups is 1. The van der Waals surface area contributed by atoms with Gasteiger partial charge in [0.2, 0.25) is 0 Å². The molecule has 0 amide bonds. The average Bonchev–Trinajstić information content (AvgIpc) is 2.20. The van der Waals surface area contributed by atoms with Crippen molar-refractivity contribution in [2.75, 3.05) is 5.32 Å². The molecule has 5 heteroatoms. The first-order valence-electron chi connectivity index (χ1n) is 4.23. The van der Waals surface area contributed by atoms with Gasteiger partial charge in [0.1, 0.15) is 6.04 Å². The van der Waals surface area contributed by atoms with Gasteiger partial charge in [0.25, 0.3) is 0 Å². The molecule has 0 aliphatic heterocycles. The molecule has 1 aromatic rings. The van der Waals surface area contributed by atoms with Crippen LogP contribution in [0.4, 0.5) is 5.69 Å². The Bertz CT molecular complexity index is 426. The van der Waals surface area contributed by atoms with Gasteiger partial charge >= 0.3 is 5.97 Å². The second-order valence-electron chi connectivity index (χ2n) is 3.01. The van der Waals surface area contributed by atoms with Gasteiger partial charge in [0.05, 0.1) is 22.3 Å². The molecule has 15 heavy (non-hydrogen) atoms. The van der Waals surface area contributed by atoms with E-state index < -0.39 is 12.0 Å². The van der Waals surface area contributed by atoms with Gasteiger partial charge < -0.3 is 10.4 Å². The third-order valence-corrected chi connectivity index (χ3v) is 2.15. The number of benzene rings is 1. The maximum absolute atomic E-state index is 10.6. The first-order valence-corrected chi connectivity index (χ1v) is 4.61. The Hall–Kier alpha value is -1.73. The van der Waals surface area contributed by atoms with Gasteiger partial charge in [0, 0.05) is 0 Å². The number of halogens is 1. The molecule has 1 aromatic carbocycles. The van der Waals surface area contributed by atoms with E-state index in [-0.39, 0.29) is 0 Å². The fourth-order valence-electron chi connectivity index (χ4n) is 0.997. The number of anilines is 1. The monoisotopic (exact) mass is 224 g/mol. The van der Waals surface area contributed by atoms with Gasteiger partial charge in [-0.05, 0) is 25.1 Å². The van der Waals surface area contributed by atoms with E-state index in [1.807, 2.05) is 6.07 Å². The van der Waals surface area contributed by atoms with Crippen LogP contribution >= 0.6 is 11.6 Å². The minimum Gasteiger partial charge on any atom is -0.480 e. The molecule has 1 atom stereocenters. The lowest BCUT2D eigenvalue weighted by atomic mass is 10.2. The summed E-state index contributed by atoms with van der Waals surface area (Å²) >= 11 is 5.85. The summed E-state index contributed by atoms with van der Waals surface area (Å²) in [5.41, 5.74) is 0.944. The third-order valence-electron chi connectivity index (χ3n) is 1.84. The van der Waals surface area contributed by atoms with Crippen LogP contribution in [0.5, 0.6) is 0 Å². The van der Waals surface area contributed by atoms with Gasteiger partial charge in [-0.2, -0.15) is 5.26 Å². The van der Waals surface area contributed by atoms with Crippen LogP contribution in [0.25, 0.3) is 0 Å². The topological polar surface area (TPSA) is 73.1 Å². The van der Waals surface area contributed by atoms with Crippen LogP contribution in [0.2, 0.25) is 5.02 Å². The quantitative estimate of drug-likeness (QED) is 0.825. The molecule has 1 rings (SSSR count). The molecule has 0 saturated carbocycles. The van der Waals surface area contributed by atoms with Crippen molar-refractivity contribution in [1.29, 1.82) is 5.26 Å². The summed E-state index contributed by atoms with van der Waals surface area (Å²) in [5.74, 6) is -0.963. The van der Waals surface area contributed by atoms with E-state index in [9.17, 15) is 4.79 Å². The summed E-state index contributed by atoms with van der Waals surface area (Å²) in [7, 11) is 0. The molecule has 0 aliphatic carbocycles. The number of hydrogen-bond acceptors (Lipinski definition) is 3. The lowest BCUT2D eigenvalue weighted by Gasteiger charge is -2.11. The first-order chi connectivity index (χ1) is 7.04. The third kappa shape index (κ3) is 2.86. The fourth-order valence-corrected chi connectivity index (χ4v) is 1.23. The standard InChI is InChI=1S/C10H9ClN2O2/c1-6(10(14)15)13-9-3-2-7(5-12)4-8(9)11/h2-4,6,13H,1H3,(H,14,15). The van der Waals surface area contributed by atoms with Crippen LogP contribution < -0.4 is 5.32 Å². The normalized spacial score (nSPS) is 11.5. The van der Waals surface area contributed by atoms with E-state index in [4.69, 9.17) is 22.0 Å². The van der Waals surface area contributed by atoms with E-state index in [1.54, 1.807) is 12.1 Å². The minimum atomic E-state index is -0.963. The number of nitriles is 1. The Labute approximate surface area is 92.1 Å². The summed E-state index contributed by atoms with van der Waals surface area (Å²) in [4.78, 5) is 10.6. The molecule has 0 saturated heterocycles. The molecule has 0 spiro atoms. The number of carboxylic acid groups (broad SMARTS) is 1. The van der Waals surface area contributed by atoms with E-state index in [1.165, 1.54) is 13.0 Å². The zero-order valence-electron chi connectivity index (χ0n) is 7.99. The van der Waals surface area contributed by atoms with E-state index in [0.717, 1.165) is 0 Å². The van der Waals surface area contributed by atoms with Gasteiger partial charge in [0.15, 0.2) is 0 Å². The average molecular weight is 225 g/mol. The number of rotatable bonds is 3. The largest absolute Gasteiger partial charge is 0.480 e. The molecule has 0 aromatic heterocycles. The smallest absolute Gasteiger partial charge is 0.325 e. The zero-order valence-corrected chi connectivity index (χ0v) is 8.75. The minimum absolute atomic E-state index is 0.335. The SMILES string of the molecule is CC(Nc1ccc(C#N)cc1Cl)C(=O)O. The molecule has 0 heterocycles. The Morgan fingerprint density at radius 2 is 2.33 bits per heavy atom. The lowest BCUT2D eigenvalue weighted by Crippen LogP contribution is -2.25. The molecule has 4 nitrogen and oxygen atoms in total. The van der Waals surface area contributed by atoms with Gasteiger partial charge in [-0.15, -0.1) is 0 Å². The zero-order chi connectivity index (χ0) is 11.4. The number of nitrogens with one attached hydrogen (secondary N) is 1. The van der Waals surface area contributed by atoms with Crippen molar-refractivity contribution in [1.82, 2.24) is 0 Å². The van der Waals surface area contributed by atoms with Gasteiger partial charge in [-0.1, -0.05) is 11.6 Å². The van der Waals surface area contributed by atoms with Crippen molar-refractivity contribution in [3.63, 3.8) is 0 Å². The first kappa shape index (κ1) is 11.3. The summed E-state index contributed by atoms with van der Waals surface area (Å²) in [6.07, 6.45) is 0. The highest BCUT2D eigenvalue weighted by molar-refractivity contribution is 6.33. The Morgan fingerprint density at radius 1 is 1.67 bits per heavy atom. The lowest BCUT2D eigenvalue weighted by molar-refractivity contribution is -0.137. The van der Waals surface area contributed by atoms with Crippen molar-refractivity contribution in [2.24, 2.45) is 0 Å². The predicted molar refractivity (Wildman–Crippen MR) is 56.9 cm³/mol. The van der Waals surface area contributed by atoms with Crippen molar-refractivity contribution >= 4 is 23.3 Å². The summed E-state index contributed by atoms with van der Waals surface area (Å²) in [6.45, 7) is 1.51. The molecule has 2 N–H and O–H groups in total. The fraction of sp³-hybridized carbons (Fsp3) is 0.200. The van der Waals surface area contributed by atoms with E-state index >= 15 is 0 Å².